The summed E-state index contributed by atoms with van der Waals surface area (Å²) in [4.78, 5) is 12.2. The minimum Gasteiger partial charge on any atom is -0.496 e. The van der Waals surface area contributed by atoms with Crippen molar-refractivity contribution in [3.05, 3.63) is 59.7 Å². The van der Waals surface area contributed by atoms with Gasteiger partial charge in [-0.3, -0.25) is 4.79 Å². The second kappa shape index (κ2) is 7.33. The van der Waals surface area contributed by atoms with Crippen molar-refractivity contribution in [3.8, 4) is 5.75 Å². The van der Waals surface area contributed by atoms with Crippen LogP contribution in [0.4, 0.5) is 5.69 Å². The molecular weight excluding hydrogens is 264 g/mol. The molecule has 0 saturated carbocycles. The Kier molecular flexibility index (Phi) is 5.21. The van der Waals surface area contributed by atoms with Gasteiger partial charge in [0.05, 0.1) is 12.7 Å². The van der Waals surface area contributed by atoms with Crippen molar-refractivity contribution in [3.63, 3.8) is 0 Å². The van der Waals surface area contributed by atoms with Gasteiger partial charge in [-0.05, 0) is 30.2 Å². The van der Waals surface area contributed by atoms with E-state index in [0.29, 0.717) is 12.1 Å². The van der Waals surface area contributed by atoms with E-state index in [-0.39, 0.29) is 5.91 Å². The lowest BCUT2D eigenvalue weighted by Gasteiger charge is -2.11. The third kappa shape index (κ3) is 3.75. The number of amides is 1. The largest absolute Gasteiger partial charge is 0.496 e. The predicted molar refractivity (Wildman–Crippen MR) is 85.0 cm³/mol. The molecule has 0 aliphatic carbocycles. The first-order chi connectivity index (χ1) is 10.3. The van der Waals surface area contributed by atoms with Gasteiger partial charge in [0.1, 0.15) is 5.75 Å². The van der Waals surface area contributed by atoms with Crippen LogP contribution in [0.1, 0.15) is 15.9 Å². The Morgan fingerprint density at radius 3 is 2.57 bits per heavy atom. The maximum atomic E-state index is 12.2. The van der Waals surface area contributed by atoms with E-state index in [2.05, 4.69) is 10.6 Å². The quantitative estimate of drug-likeness (QED) is 0.857. The first-order valence-corrected chi connectivity index (χ1v) is 6.93. The molecule has 0 radical (unpaired) electrons. The van der Waals surface area contributed by atoms with Crippen LogP contribution in [0.2, 0.25) is 0 Å². The summed E-state index contributed by atoms with van der Waals surface area (Å²) < 4.78 is 5.30. The number of hydrogen-bond acceptors (Lipinski definition) is 3. The zero-order valence-electron chi connectivity index (χ0n) is 12.3. The topological polar surface area (TPSA) is 50.4 Å². The van der Waals surface area contributed by atoms with Crippen LogP contribution in [-0.2, 0) is 6.42 Å². The average Bonchev–Trinajstić information content (AvgIpc) is 2.55. The normalized spacial score (nSPS) is 10.0. The molecule has 1 amide bonds. The molecule has 0 aromatic heterocycles. The summed E-state index contributed by atoms with van der Waals surface area (Å²) in [7, 11) is 3.46. The minimum atomic E-state index is -0.0742. The lowest BCUT2D eigenvalue weighted by atomic mass is 10.1. The van der Waals surface area contributed by atoms with Gasteiger partial charge < -0.3 is 15.4 Å². The van der Waals surface area contributed by atoms with E-state index in [9.17, 15) is 4.79 Å². The van der Waals surface area contributed by atoms with Crippen molar-refractivity contribution in [2.75, 3.05) is 26.0 Å². The zero-order chi connectivity index (χ0) is 15.1. The Morgan fingerprint density at radius 1 is 1.10 bits per heavy atom. The molecule has 2 rings (SSSR count). The third-order valence-electron chi connectivity index (χ3n) is 3.31. The Morgan fingerprint density at radius 2 is 1.81 bits per heavy atom. The Balaban J connectivity index is 1.95. The van der Waals surface area contributed by atoms with E-state index in [1.165, 1.54) is 0 Å². The van der Waals surface area contributed by atoms with Crippen LogP contribution in [0.15, 0.2) is 48.5 Å². The van der Waals surface area contributed by atoms with E-state index in [1.54, 1.807) is 14.2 Å². The molecule has 2 aromatic carbocycles. The second-order valence-corrected chi connectivity index (χ2v) is 4.61. The highest BCUT2D eigenvalue weighted by molar-refractivity contribution is 5.99. The molecular formula is C17H20N2O2. The summed E-state index contributed by atoms with van der Waals surface area (Å²) in [5, 5.41) is 5.96. The van der Waals surface area contributed by atoms with E-state index in [4.69, 9.17) is 4.74 Å². The number of methoxy groups -OCH3 is 1. The summed E-state index contributed by atoms with van der Waals surface area (Å²) in [6.07, 6.45) is 0.734. The number of carbonyl (C=O) groups excluding carboxylic acids is 1. The van der Waals surface area contributed by atoms with Gasteiger partial charge in [0, 0.05) is 19.3 Å². The van der Waals surface area contributed by atoms with Crippen LogP contribution < -0.4 is 15.4 Å². The van der Waals surface area contributed by atoms with E-state index < -0.39 is 0 Å². The first-order valence-electron chi connectivity index (χ1n) is 6.93. The lowest BCUT2D eigenvalue weighted by Crippen LogP contribution is -2.26. The molecule has 0 atom stereocenters. The molecule has 4 heteroatoms. The highest BCUT2D eigenvalue weighted by atomic mass is 16.5. The van der Waals surface area contributed by atoms with E-state index in [0.717, 1.165) is 23.4 Å². The van der Waals surface area contributed by atoms with Crippen LogP contribution in [0, 0.1) is 0 Å². The van der Waals surface area contributed by atoms with Crippen molar-refractivity contribution >= 4 is 11.6 Å². The molecule has 0 heterocycles. The van der Waals surface area contributed by atoms with Crippen molar-refractivity contribution in [1.29, 1.82) is 0 Å². The molecule has 0 saturated heterocycles. The van der Waals surface area contributed by atoms with Crippen LogP contribution in [-0.4, -0.2) is 26.6 Å². The van der Waals surface area contributed by atoms with Gasteiger partial charge in [0.15, 0.2) is 0 Å². The predicted octanol–water partition coefficient (Wildman–Crippen LogP) is 2.71. The number of rotatable bonds is 6. The molecule has 0 unspecified atom stereocenters. The third-order valence-corrected chi connectivity index (χ3v) is 3.31. The standard InChI is InChI=1S/C17H20N2O2/c1-18-15-9-5-4-8-14(15)17(20)19-12-11-13-7-3-6-10-16(13)21-2/h3-10,18H,11-12H2,1-2H3,(H,19,20). The van der Waals surface area contributed by atoms with Gasteiger partial charge in [-0.1, -0.05) is 30.3 Å². The van der Waals surface area contributed by atoms with Crippen molar-refractivity contribution < 1.29 is 9.53 Å². The summed E-state index contributed by atoms with van der Waals surface area (Å²) in [6.45, 7) is 0.567. The lowest BCUT2D eigenvalue weighted by molar-refractivity contribution is 0.0955. The molecule has 4 nitrogen and oxygen atoms in total. The van der Waals surface area contributed by atoms with Crippen LogP contribution >= 0.6 is 0 Å². The number of anilines is 1. The van der Waals surface area contributed by atoms with Gasteiger partial charge in [0.2, 0.25) is 0 Å². The maximum absolute atomic E-state index is 12.2. The summed E-state index contributed by atoms with van der Waals surface area (Å²) in [5.41, 5.74) is 2.56. The number of carbonyl (C=O) groups is 1. The van der Waals surface area contributed by atoms with Gasteiger partial charge in [-0.15, -0.1) is 0 Å². The number of para-hydroxylation sites is 2. The van der Waals surface area contributed by atoms with Gasteiger partial charge in [-0.2, -0.15) is 0 Å². The van der Waals surface area contributed by atoms with Gasteiger partial charge in [0.25, 0.3) is 5.91 Å². The Hall–Kier alpha value is -2.49. The fraction of sp³-hybridized carbons (Fsp3) is 0.235. The van der Waals surface area contributed by atoms with Crippen molar-refractivity contribution in [1.82, 2.24) is 5.32 Å². The number of nitrogens with one attached hydrogen (secondary N) is 2. The molecule has 2 N–H and O–H groups in total. The Labute approximate surface area is 125 Å². The SMILES string of the molecule is CNc1ccccc1C(=O)NCCc1ccccc1OC. The molecule has 0 spiro atoms. The molecule has 21 heavy (non-hydrogen) atoms. The number of ether oxygens (including phenoxy) is 1. The summed E-state index contributed by atoms with van der Waals surface area (Å²) >= 11 is 0. The second-order valence-electron chi connectivity index (χ2n) is 4.61. The highest BCUT2D eigenvalue weighted by Gasteiger charge is 2.09. The zero-order valence-corrected chi connectivity index (χ0v) is 12.3. The summed E-state index contributed by atoms with van der Waals surface area (Å²) in [5.74, 6) is 0.775. The highest BCUT2D eigenvalue weighted by Crippen LogP contribution is 2.17. The number of benzene rings is 2. The van der Waals surface area contributed by atoms with E-state index >= 15 is 0 Å². The molecule has 110 valence electrons. The molecule has 2 aromatic rings. The fourth-order valence-electron chi connectivity index (χ4n) is 2.21. The summed E-state index contributed by atoms with van der Waals surface area (Å²) in [6, 6.07) is 15.3. The van der Waals surface area contributed by atoms with Crippen molar-refractivity contribution in [2.45, 2.75) is 6.42 Å². The van der Waals surface area contributed by atoms with Crippen LogP contribution in [0.5, 0.6) is 5.75 Å². The van der Waals surface area contributed by atoms with Gasteiger partial charge in [-0.25, -0.2) is 0 Å². The molecule has 0 aliphatic heterocycles. The van der Waals surface area contributed by atoms with E-state index in [1.807, 2.05) is 48.5 Å². The molecule has 0 fully saturated rings. The maximum Gasteiger partial charge on any atom is 0.253 e. The van der Waals surface area contributed by atoms with Crippen LogP contribution in [0.3, 0.4) is 0 Å². The Bertz CT molecular complexity index is 611. The molecule has 0 bridgehead atoms. The van der Waals surface area contributed by atoms with Crippen LogP contribution in [0.25, 0.3) is 0 Å². The van der Waals surface area contributed by atoms with Crippen molar-refractivity contribution in [2.24, 2.45) is 0 Å². The molecule has 0 aliphatic rings. The fourth-order valence-corrected chi connectivity index (χ4v) is 2.21. The minimum absolute atomic E-state index is 0.0742. The monoisotopic (exact) mass is 284 g/mol. The smallest absolute Gasteiger partial charge is 0.253 e. The van der Waals surface area contributed by atoms with Gasteiger partial charge >= 0.3 is 0 Å². The number of hydrogen-bond donors (Lipinski definition) is 2. The first kappa shape index (κ1) is 14.9. The average molecular weight is 284 g/mol.